The molecular formula is C72H128O6. The first-order chi connectivity index (χ1) is 38.5. The third-order valence-electron chi connectivity index (χ3n) is 14.9. The largest absolute Gasteiger partial charge is 0.462 e. The highest BCUT2D eigenvalue weighted by Crippen LogP contribution is 2.18. The molecule has 0 radical (unpaired) electrons. The van der Waals surface area contributed by atoms with E-state index in [0.717, 1.165) is 96.3 Å². The Morgan fingerprint density at radius 1 is 0.269 bits per heavy atom. The SMILES string of the molecule is CC/C=C\C/C=C\C/C=C\C/C=C\CCCCC(=O)OC(COC(=O)CCCCCCC/C=C\CCC)COC(=O)CCCCCCCCCCCCCCCCCCCCCCCCC/C=C\CCCCCCCCCC. The van der Waals surface area contributed by atoms with Crippen LogP contribution in [-0.2, 0) is 28.6 Å². The van der Waals surface area contributed by atoms with Crippen LogP contribution in [0.15, 0.2) is 72.9 Å². The van der Waals surface area contributed by atoms with Gasteiger partial charge in [0.2, 0.25) is 0 Å². The normalized spacial score (nSPS) is 12.5. The minimum atomic E-state index is -0.799. The van der Waals surface area contributed by atoms with Crippen molar-refractivity contribution in [2.75, 3.05) is 13.2 Å². The fourth-order valence-corrected chi connectivity index (χ4v) is 9.85. The first kappa shape index (κ1) is 74.8. The fourth-order valence-electron chi connectivity index (χ4n) is 9.85. The van der Waals surface area contributed by atoms with Gasteiger partial charge in [-0.3, -0.25) is 14.4 Å². The molecule has 0 N–H and O–H groups in total. The van der Waals surface area contributed by atoms with Crippen molar-refractivity contribution in [2.45, 2.75) is 354 Å². The lowest BCUT2D eigenvalue weighted by molar-refractivity contribution is -0.167. The van der Waals surface area contributed by atoms with E-state index in [1.54, 1.807) is 0 Å². The van der Waals surface area contributed by atoms with Crippen molar-refractivity contribution >= 4 is 17.9 Å². The molecule has 6 heteroatoms. The highest BCUT2D eigenvalue weighted by atomic mass is 16.6. The molecule has 0 aromatic heterocycles. The van der Waals surface area contributed by atoms with E-state index in [-0.39, 0.29) is 37.5 Å². The van der Waals surface area contributed by atoms with Crippen LogP contribution in [0.1, 0.15) is 348 Å². The lowest BCUT2D eigenvalue weighted by atomic mass is 10.0. The number of ether oxygens (including phenoxy) is 3. The van der Waals surface area contributed by atoms with E-state index in [0.29, 0.717) is 19.3 Å². The van der Waals surface area contributed by atoms with Gasteiger partial charge in [0.05, 0.1) is 0 Å². The van der Waals surface area contributed by atoms with Gasteiger partial charge in [-0.15, -0.1) is 0 Å². The van der Waals surface area contributed by atoms with Crippen LogP contribution < -0.4 is 0 Å². The first-order valence-electron chi connectivity index (χ1n) is 33.9. The summed E-state index contributed by atoms with van der Waals surface area (Å²) in [5.74, 6) is -0.934. The molecule has 0 aliphatic carbocycles. The van der Waals surface area contributed by atoms with Crippen LogP contribution in [0.25, 0.3) is 0 Å². The Morgan fingerprint density at radius 2 is 0.526 bits per heavy atom. The second kappa shape index (κ2) is 66.4. The van der Waals surface area contributed by atoms with E-state index in [1.165, 1.54) is 205 Å². The molecule has 0 saturated heterocycles. The maximum atomic E-state index is 12.8. The van der Waals surface area contributed by atoms with Gasteiger partial charge in [0.15, 0.2) is 6.10 Å². The molecule has 78 heavy (non-hydrogen) atoms. The molecule has 0 aliphatic rings. The Bertz CT molecular complexity index is 1440. The number of esters is 3. The van der Waals surface area contributed by atoms with E-state index in [1.807, 2.05) is 0 Å². The molecule has 0 heterocycles. The molecule has 0 fully saturated rings. The van der Waals surface area contributed by atoms with Gasteiger partial charge in [-0.05, 0) is 103 Å². The second-order valence-electron chi connectivity index (χ2n) is 22.7. The number of hydrogen-bond acceptors (Lipinski definition) is 6. The van der Waals surface area contributed by atoms with Crippen molar-refractivity contribution in [1.29, 1.82) is 0 Å². The highest BCUT2D eigenvalue weighted by molar-refractivity contribution is 5.71. The smallest absolute Gasteiger partial charge is 0.306 e. The molecule has 1 atom stereocenters. The summed E-state index contributed by atoms with van der Waals surface area (Å²) in [6.07, 6.45) is 86.8. The Kier molecular flexibility index (Phi) is 63.7. The topological polar surface area (TPSA) is 78.9 Å². The maximum absolute atomic E-state index is 12.8. The standard InChI is InChI=1S/C72H128O6/c1-4-7-10-13-16-19-22-24-26-27-28-29-30-31-32-33-34-35-36-37-38-39-40-41-42-43-44-45-47-48-50-53-56-59-62-65-71(74)77-68-69(67-76-70(73)64-61-58-55-52-21-18-15-12-9-6-3)78-72(75)66-63-60-57-54-51-49-46-25-23-20-17-14-11-8-5-2/h8,11-12,15,17,20,25,27-28,46,51,54,69H,4-7,9-10,13-14,16,18-19,21-24,26,29-45,47-50,52-53,55-68H2,1-3H3/b11-8-,15-12-,20-17-,28-27-,46-25-,54-51-. The average Bonchev–Trinajstić information content (AvgIpc) is 3.44. The highest BCUT2D eigenvalue weighted by Gasteiger charge is 2.19. The lowest BCUT2D eigenvalue weighted by Gasteiger charge is -2.18. The van der Waals surface area contributed by atoms with Gasteiger partial charge in [-0.25, -0.2) is 0 Å². The van der Waals surface area contributed by atoms with Crippen molar-refractivity contribution in [3.8, 4) is 0 Å². The van der Waals surface area contributed by atoms with Crippen LogP contribution in [0.2, 0.25) is 0 Å². The molecule has 0 rings (SSSR count). The predicted octanol–water partition coefficient (Wildman–Crippen LogP) is 23.3. The van der Waals surface area contributed by atoms with E-state index >= 15 is 0 Å². The predicted molar refractivity (Wildman–Crippen MR) is 339 cm³/mol. The summed E-state index contributed by atoms with van der Waals surface area (Å²) in [6, 6.07) is 0. The lowest BCUT2D eigenvalue weighted by Crippen LogP contribution is -2.30. The van der Waals surface area contributed by atoms with E-state index in [9.17, 15) is 14.4 Å². The van der Waals surface area contributed by atoms with E-state index in [2.05, 4.69) is 93.7 Å². The second-order valence-corrected chi connectivity index (χ2v) is 22.7. The minimum Gasteiger partial charge on any atom is -0.462 e. The third-order valence-corrected chi connectivity index (χ3v) is 14.9. The van der Waals surface area contributed by atoms with Gasteiger partial charge in [0.1, 0.15) is 13.2 Å². The maximum Gasteiger partial charge on any atom is 0.306 e. The van der Waals surface area contributed by atoms with E-state index in [4.69, 9.17) is 14.2 Å². The van der Waals surface area contributed by atoms with Crippen molar-refractivity contribution in [3.63, 3.8) is 0 Å². The van der Waals surface area contributed by atoms with Gasteiger partial charge >= 0.3 is 17.9 Å². The number of hydrogen-bond donors (Lipinski definition) is 0. The first-order valence-corrected chi connectivity index (χ1v) is 33.9. The Balaban J connectivity index is 4.03. The van der Waals surface area contributed by atoms with Gasteiger partial charge in [0, 0.05) is 19.3 Å². The summed E-state index contributed by atoms with van der Waals surface area (Å²) in [7, 11) is 0. The van der Waals surface area contributed by atoms with Gasteiger partial charge < -0.3 is 14.2 Å². The monoisotopic (exact) mass is 1090 g/mol. The molecule has 452 valence electrons. The zero-order chi connectivity index (χ0) is 56.4. The molecule has 6 nitrogen and oxygen atoms in total. The molecular weight excluding hydrogens is 961 g/mol. The molecule has 1 unspecified atom stereocenters. The summed E-state index contributed by atoms with van der Waals surface area (Å²) < 4.78 is 16.8. The van der Waals surface area contributed by atoms with Crippen LogP contribution >= 0.6 is 0 Å². The molecule has 0 amide bonds. The summed E-state index contributed by atoms with van der Waals surface area (Å²) in [4.78, 5) is 38.1. The minimum absolute atomic E-state index is 0.0922. The van der Waals surface area contributed by atoms with Crippen LogP contribution in [-0.4, -0.2) is 37.2 Å². The van der Waals surface area contributed by atoms with Crippen molar-refractivity contribution < 1.29 is 28.6 Å². The zero-order valence-electron chi connectivity index (χ0n) is 51.9. The molecule has 0 aromatic rings. The average molecular weight is 1090 g/mol. The number of unbranched alkanes of at least 4 members (excludes halogenated alkanes) is 39. The molecule has 0 bridgehead atoms. The third kappa shape index (κ3) is 63.7. The number of rotatable bonds is 62. The molecule has 0 aliphatic heterocycles. The van der Waals surface area contributed by atoms with Crippen molar-refractivity contribution in [1.82, 2.24) is 0 Å². The summed E-state index contributed by atoms with van der Waals surface area (Å²) in [5, 5.41) is 0. The van der Waals surface area contributed by atoms with Crippen molar-refractivity contribution in [2.24, 2.45) is 0 Å². The van der Waals surface area contributed by atoms with E-state index < -0.39 is 6.10 Å². The number of carbonyl (C=O) groups is 3. The summed E-state index contributed by atoms with van der Waals surface area (Å²) >= 11 is 0. The van der Waals surface area contributed by atoms with Gasteiger partial charge in [-0.2, -0.15) is 0 Å². The van der Waals surface area contributed by atoms with Crippen LogP contribution in [0.5, 0.6) is 0 Å². The van der Waals surface area contributed by atoms with Crippen LogP contribution in [0, 0.1) is 0 Å². The summed E-state index contributed by atoms with van der Waals surface area (Å²) in [6.45, 7) is 6.45. The number of carbonyl (C=O) groups excluding carboxylic acids is 3. The summed E-state index contributed by atoms with van der Waals surface area (Å²) in [5.41, 5.74) is 0. The van der Waals surface area contributed by atoms with Crippen molar-refractivity contribution in [3.05, 3.63) is 72.9 Å². The molecule has 0 saturated carbocycles. The Hall–Kier alpha value is -3.15. The van der Waals surface area contributed by atoms with Gasteiger partial charge in [0.25, 0.3) is 0 Å². The fraction of sp³-hybridized carbons (Fsp3) is 0.792. The van der Waals surface area contributed by atoms with Crippen LogP contribution in [0.4, 0.5) is 0 Å². The quantitative estimate of drug-likeness (QED) is 0.0261. The molecule has 0 spiro atoms. The van der Waals surface area contributed by atoms with Crippen LogP contribution in [0.3, 0.4) is 0 Å². The Morgan fingerprint density at radius 3 is 0.872 bits per heavy atom. The molecule has 0 aromatic carbocycles. The number of allylic oxidation sites excluding steroid dienone is 12. The Labute approximate surface area is 484 Å². The zero-order valence-corrected chi connectivity index (χ0v) is 51.9. The van der Waals surface area contributed by atoms with Gasteiger partial charge in [-0.1, -0.05) is 299 Å².